The lowest BCUT2D eigenvalue weighted by atomic mass is 10.2. The molecule has 0 saturated heterocycles. The van der Waals surface area contributed by atoms with E-state index in [2.05, 4.69) is 0 Å². The van der Waals surface area contributed by atoms with Crippen molar-refractivity contribution in [2.75, 3.05) is 6.54 Å². The molecule has 0 aliphatic heterocycles. The second-order valence-electron chi connectivity index (χ2n) is 1.82. The van der Waals surface area contributed by atoms with Crippen LogP contribution in [0.1, 0.15) is 12.8 Å². The van der Waals surface area contributed by atoms with Gasteiger partial charge in [0, 0.05) is 13.0 Å². The van der Waals surface area contributed by atoms with Gasteiger partial charge in [0.25, 0.3) is 0 Å². The van der Waals surface area contributed by atoms with E-state index in [-0.39, 0.29) is 31.8 Å². The van der Waals surface area contributed by atoms with Gasteiger partial charge in [0.1, 0.15) is 0 Å². The zero-order valence-electron chi connectivity index (χ0n) is 5.49. The Balaban J connectivity index is 0. The van der Waals surface area contributed by atoms with Gasteiger partial charge in [-0.25, -0.2) is 0 Å². The van der Waals surface area contributed by atoms with Crippen molar-refractivity contribution in [3.63, 3.8) is 0 Å². The van der Waals surface area contributed by atoms with Gasteiger partial charge in [-0.2, -0.15) is 0 Å². The SMILES string of the molecule is Cl.NCC(O)CCC(=O)O. The summed E-state index contributed by atoms with van der Waals surface area (Å²) in [7, 11) is 0. The molecular formula is C5H12ClNO3. The first kappa shape index (κ1) is 12.4. The first-order chi connectivity index (χ1) is 4.16. The zero-order valence-corrected chi connectivity index (χ0v) is 6.30. The molecule has 10 heavy (non-hydrogen) atoms. The van der Waals surface area contributed by atoms with Crippen molar-refractivity contribution in [1.29, 1.82) is 0 Å². The Morgan fingerprint density at radius 3 is 2.40 bits per heavy atom. The Morgan fingerprint density at radius 2 is 2.10 bits per heavy atom. The maximum absolute atomic E-state index is 9.87. The van der Waals surface area contributed by atoms with Gasteiger partial charge in [-0.1, -0.05) is 0 Å². The molecule has 62 valence electrons. The van der Waals surface area contributed by atoms with E-state index < -0.39 is 12.1 Å². The third-order valence-electron chi connectivity index (χ3n) is 0.964. The molecule has 0 aliphatic rings. The molecule has 0 bridgehead atoms. The van der Waals surface area contributed by atoms with E-state index in [1.807, 2.05) is 0 Å². The Morgan fingerprint density at radius 1 is 1.60 bits per heavy atom. The molecule has 1 atom stereocenters. The Labute approximate surface area is 65.4 Å². The van der Waals surface area contributed by atoms with Gasteiger partial charge in [-0.05, 0) is 6.42 Å². The second-order valence-corrected chi connectivity index (χ2v) is 1.82. The summed E-state index contributed by atoms with van der Waals surface area (Å²) in [4.78, 5) is 9.87. The van der Waals surface area contributed by atoms with Crippen molar-refractivity contribution < 1.29 is 15.0 Å². The highest BCUT2D eigenvalue weighted by molar-refractivity contribution is 5.85. The normalized spacial score (nSPS) is 11.8. The Kier molecular flexibility index (Phi) is 8.40. The predicted octanol–water partition coefficient (Wildman–Crippen LogP) is -0.407. The summed E-state index contributed by atoms with van der Waals surface area (Å²) >= 11 is 0. The molecule has 0 aliphatic carbocycles. The fraction of sp³-hybridized carbons (Fsp3) is 0.800. The minimum absolute atomic E-state index is 0. The van der Waals surface area contributed by atoms with Gasteiger partial charge in [-0.3, -0.25) is 4.79 Å². The average Bonchev–Trinajstić information content (AvgIpc) is 1.83. The smallest absolute Gasteiger partial charge is 0.303 e. The van der Waals surface area contributed by atoms with Crippen LogP contribution in [0.3, 0.4) is 0 Å². The minimum atomic E-state index is -0.900. The maximum Gasteiger partial charge on any atom is 0.303 e. The van der Waals surface area contributed by atoms with E-state index >= 15 is 0 Å². The standard InChI is InChI=1S/C5H11NO3.ClH/c6-3-4(7)1-2-5(8)9;/h4,7H,1-3,6H2,(H,8,9);1H. The molecule has 0 aromatic carbocycles. The van der Waals surface area contributed by atoms with E-state index in [1.54, 1.807) is 0 Å². The fourth-order valence-electron chi connectivity index (χ4n) is 0.408. The molecule has 0 radical (unpaired) electrons. The number of aliphatic hydroxyl groups is 1. The second kappa shape index (κ2) is 6.80. The van der Waals surface area contributed by atoms with Crippen LogP contribution in [0.25, 0.3) is 0 Å². The van der Waals surface area contributed by atoms with Gasteiger partial charge in [0.05, 0.1) is 6.10 Å². The summed E-state index contributed by atoms with van der Waals surface area (Å²) in [5.74, 6) is -0.900. The van der Waals surface area contributed by atoms with Crippen LogP contribution in [0.2, 0.25) is 0 Å². The monoisotopic (exact) mass is 169 g/mol. The summed E-state index contributed by atoms with van der Waals surface area (Å²) in [5.41, 5.74) is 5.02. The molecular weight excluding hydrogens is 158 g/mol. The number of nitrogens with two attached hydrogens (primary N) is 1. The molecule has 0 spiro atoms. The van der Waals surface area contributed by atoms with Gasteiger partial charge >= 0.3 is 5.97 Å². The molecule has 0 rings (SSSR count). The van der Waals surface area contributed by atoms with Crippen LogP contribution in [0.5, 0.6) is 0 Å². The molecule has 4 nitrogen and oxygen atoms in total. The summed E-state index contributed by atoms with van der Waals surface area (Å²) in [6, 6.07) is 0. The number of aliphatic hydroxyl groups excluding tert-OH is 1. The highest BCUT2D eigenvalue weighted by Crippen LogP contribution is 1.93. The minimum Gasteiger partial charge on any atom is -0.481 e. The van der Waals surface area contributed by atoms with Crippen LogP contribution in [-0.4, -0.2) is 28.8 Å². The lowest BCUT2D eigenvalue weighted by Crippen LogP contribution is -2.20. The third-order valence-corrected chi connectivity index (χ3v) is 0.964. The van der Waals surface area contributed by atoms with Crippen molar-refractivity contribution >= 4 is 18.4 Å². The fourth-order valence-corrected chi connectivity index (χ4v) is 0.408. The number of aliphatic carboxylic acids is 1. The average molecular weight is 170 g/mol. The number of hydrogen-bond acceptors (Lipinski definition) is 3. The highest BCUT2D eigenvalue weighted by Gasteiger charge is 2.03. The molecule has 0 aromatic rings. The lowest BCUT2D eigenvalue weighted by Gasteiger charge is -2.02. The van der Waals surface area contributed by atoms with Gasteiger partial charge < -0.3 is 15.9 Å². The Hall–Kier alpha value is -0.320. The molecule has 0 fully saturated rings. The van der Waals surface area contributed by atoms with Crippen LogP contribution in [0.4, 0.5) is 0 Å². The van der Waals surface area contributed by atoms with Gasteiger partial charge in [-0.15, -0.1) is 12.4 Å². The van der Waals surface area contributed by atoms with Crippen molar-refractivity contribution in [2.24, 2.45) is 5.73 Å². The van der Waals surface area contributed by atoms with E-state index in [9.17, 15) is 4.79 Å². The van der Waals surface area contributed by atoms with Crippen molar-refractivity contribution in [3.05, 3.63) is 0 Å². The topological polar surface area (TPSA) is 83.5 Å². The molecule has 0 amide bonds. The molecule has 4 N–H and O–H groups in total. The molecule has 0 saturated carbocycles. The number of halogens is 1. The summed E-state index contributed by atoms with van der Waals surface area (Å²) in [6.07, 6.45) is -0.439. The summed E-state index contributed by atoms with van der Waals surface area (Å²) in [6.45, 7) is 0.132. The molecule has 5 heteroatoms. The first-order valence-corrected chi connectivity index (χ1v) is 2.76. The zero-order chi connectivity index (χ0) is 7.28. The highest BCUT2D eigenvalue weighted by atomic mass is 35.5. The summed E-state index contributed by atoms with van der Waals surface area (Å²) in [5, 5.41) is 16.8. The van der Waals surface area contributed by atoms with Crippen LogP contribution >= 0.6 is 12.4 Å². The maximum atomic E-state index is 9.87. The number of carboxylic acids is 1. The van der Waals surface area contributed by atoms with Gasteiger partial charge in [0.2, 0.25) is 0 Å². The Bertz CT molecular complexity index is 98.9. The number of hydrogen-bond donors (Lipinski definition) is 3. The van der Waals surface area contributed by atoms with Crippen LogP contribution in [-0.2, 0) is 4.79 Å². The van der Waals surface area contributed by atoms with E-state index in [1.165, 1.54) is 0 Å². The number of rotatable bonds is 4. The third kappa shape index (κ3) is 7.68. The first-order valence-electron chi connectivity index (χ1n) is 2.76. The molecule has 0 heterocycles. The van der Waals surface area contributed by atoms with E-state index in [0.717, 1.165) is 0 Å². The quantitative estimate of drug-likeness (QED) is 0.535. The lowest BCUT2D eigenvalue weighted by molar-refractivity contribution is -0.137. The van der Waals surface area contributed by atoms with Crippen molar-refractivity contribution in [1.82, 2.24) is 0 Å². The summed E-state index contributed by atoms with van der Waals surface area (Å²) < 4.78 is 0. The number of carbonyl (C=O) groups is 1. The number of carboxylic acid groups (broad SMARTS) is 1. The van der Waals surface area contributed by atoms with Crippen molar-refractivity contribution in [3.8, 4) is 0 Å². The van der Waals surface area contributed by atoms with Crippen molar-refractivity contribution in [2.45, 2.75) is 18.9 Å². The predicted molar refractivity (Wildman–Crippen MR) is 39.2 cm³/mol. The largest absolute Gasteiger partial charge is 0.481 e. The van der Waals surface area contributed by atoms with Crippen LogP contribution in [0.15, 0.2) is 0 Å². The van der Waals surface area contributed by atoms with Crippen LogP contribution < -0.4 is 5.73 Å². The van der Waals surface area contributed by atoms with E-state index in [0.29, 0.717) is 0 Å². The van der Waals surface area contributed by atoms with Gasteiger partial charge in [0.15, 0.2) is 0 Å². The molecule has 1 unspecified atom stereocenters. The molecule has 0 aromatic heterocycles. The van der Waals surface area contributed by atoms with Crippen LogP contribution in [0, 0.1) is 0 Å². The van der Waals surface area contributed by atoms with E-state index in [4.69, 9.17) is 15.9 Å².